The Morgan fingerprint density at radius 2 is 1.50 bits per heavy atom. The molecule has 1 heterocycles. The number of hydrogen-bond acceptors (Lipinski definition) is 7. The highest BCUT2D eigenvalue weighted by molar-refractivity contribution is 6.11. The Labute approximate surface area is 245 Å². The summed E-state index contributed by atoms with van der Waals surface area (Å²) in [5.74, 6) is 1.56. The molecule has 0 aliphatic carbocycles. The fourth-order valence-corrected chi connectivity index (χ4v) is 5.04. The number of ketones is 1. The van der Waals surface area contributed by atoms with Crippen LogP contribution >= 0.6 is 0 Å². The first-order valence-corrected chi connectivity index (χ1v) is 13.8. The molecule has 1 amide bonds. The Morgan fingerprint density at radius 3 is 2.21 bits per heavy atom. The number of aliphatic hydroxyl groups is 1. The van der Waals surface area contributed by atoms with Gasteiger partial charge in [-0.15, -0.1) is 0 Å². The SMILES string of the molecule is COc1cc2c(cc1OC)CN(CC(O)COc1ccc(NC(=O)c3cccc(C(=O)c4ccccc4)c3)cc1)CC2. The number of β-amino-alcohol motifs (C(OH)–C–C–N with tert-alkyl or cyclic N) is 1. The second-order valence-corrected chi connectivity index (χ2v) is 10.2. The van der Waals surface area contributed by atoms with Crippen LogP contribution in [0.5, 0.6) is 17.2 Å². The van der Waals surface area contributed by atoms with Gasteiger partial charge in [0.2, 0.25) is 0 Å². The van der Waals surface area contributed by atoms with Crippen LogP contribution in [-0.4, -0.2) is 61.7 Å². The summed E-state index contributed by atoms with van der Waals surface area (Å²) in [4.78, 5) is 27.8. The van der Waals surface area contributed by atoms with Crippen LogP contribution in [0.15, 0.2) is 91.0 Å². The average molecular weight is 567 g/mol. The van der Waals surface area contributed by atoms with Gasteiger partial charge in [-0.05, 0) is 66.1 Å². The maximum Gasteiger partial charge on any atom is 0.255 e. The van der Waals surface area contributed by atoms with Crippen LogP contribution in [0.4, 0.5) is 5.69 Å². The number of anilines is 1. The summed E-state index contributed by atoms with van der Waals surface area (Å²) in [5.41, 5.74) is 4.39. The zero-order chi connectivity index (χ0) is 29.5. The number of nitrogens with zero attached hydrogens (tertiary/aromatic N) is 1. The number of methoxy groups -OCH3 is 2. The van der Waals surface area contributed by atoms with Gasteiger partial charge >= 0.3 is 0 Å². The predicted molar refractivity (Wildman–Crippen MR) is 161 cm³/mol. The van der Waals surface area contributed by atoms with Crippen molar-refractivity contribution < 1.29 is 28.9 Å². The molecule has 8 nitrogen and oxygen atoms in total. The number of carbonyl (C=O) groups is 2. The molecule has 0 aromatic heterocycles. The van der Waals surface area contributed by atoms with Crippen molar-refractivity contribution in [2.45, 2.75) is 19.1 Å². The number of hydrogen-bond donors (Lipinski definition) is 2. The summed E-state index contributed by atoms with van der Waals surface area (Å²) in [7, 11) is 3.26. The second-order valence-electron chi connectivity index (χ2n) is 10.2. The van der Waals surface area contributed by atoms with Gasteiger partial charge < -0.3 is 24.6 Å². The number of rotatable bonds is 11. The molecule has 0 fully saturated rings. The van der Waals surface area contributed by atoms with Crippen LogP contribution in [0.3, 0.4) is 0 Å². The second kappa shape index (κ2) is 13.3. The molecule has 0 bridgehead atoms. The summed E-state index contributed by atoms with van der Waals surface area (Å²) >= 11 is 0. The molecule has 1 aliphatic rings. The van der Waals surface area contributed by atoms with Gasteiger partial charge in [0.15, 0.2) is 17.3 Å². The molecular formula is C34H34N2O6. The van der Waals surface area contributed by atoms with Crippen molar-refractivity contribution in [1.82, 2.24) is 4.90 Å². The molecule has 1 unspecified atom stereocenters. The molecule has 0 spiro atoms. The van der Waals surface area contributed by atoms with E-state index >= 15 is 0 Å². The van der Waals surface area contributed by atoms with Gasteiger partial charge in [0.1, 0.15) is 18.5 Å². The monoisotopic (exact) mass is 566 g/mol. The number of fused-ring (bicyclic) bond motifs is 1. The summed E-state index contributed by atoms with van der Waals surface area (Å²) < 4.78 is 16.7. The van der Waals surface area contributed by atoms with E-state index in [1.165, 1.54) is 11.1 Å². The van der Waals surface area contributed by atoms with E-state index in [9.17, 15) is 14.7 Å². The number of ether oxygens (including phenoxy) is 3. The molecule has 0 radical (unpaired) electrons. The van der Waals surface area contributed by atoms with Crippen molar-refractivity contribution in [2.75, 3.05) is 39.2 Å². The maximum atomic E-state index is 12.9. The minimum absolute atomic E-state index is 0.139. The average Bonchev–Trinajstić information content (AvgIpc) is 3.03. The van der Waals surface area contributed by atoms with Gasteiger partial charge in [-0.3, -0.25) is 14.5 Å². The lowest BCUT2D eigenvalue weighted by atomic mass is 9.98. The highest BCUT2D eigenvalue weighted by atomic mass is 16.5. The fourth-order valence-electron chi connectivity index (χ4n) is 5.04. The Bertz CT molecular complexity index is 1540. The lowest BCUT2D eigenvalue weighted by molar-refractivity contribution is 0.0637. The standard InChI is InChI=1S/C34H34N2O6/c1-40-31-18-24-15-16-36(20-27(24)19-32(31)41-2)21-29(37)22-42-30-13-11-28(12-14-30)35-34(39)26-10-6-9-25(17-26)33(38)23-7-4-3-5-8-23/h3-14,17-19,29,37H,15-16,20-22H2,1-2H3,(H,35,39). The summed E-state index contributed by atoms with van der Waals surface area (Å²) in [6, 6.07) is 26.6. The quantitative estimate of drug-likeness (QED) is 0.247. The third-order valence-electron chi connectivity index (χ3n) is 7.24. The first-order chi connectivity index (χ1) is 20.4. The van der Waals surface area contributed by atoms with Crippen LogP contribution in [0.2, 0.25) is 0 Å². The smallest absolute Gasteiger partial charge is 0.255 e. The Hall–Kier alpha value is -4.66. The molecule has 216 valence electrons. The highest BCUT2D eigenvalue weighted by Gasteiger charge is 2.21. The largest absolute Gasteiger partial charge is 0.493 e. The van der Waals surface area contributed by atoms with E-state index in [0.29, 0.717) is 47.0 Å². The third kappa shape index (κ3) is 6.97. The first kappa shape index (κ1) is 28.9. The maximum absolute atomic E-state index is 12.9. The minimum Gasteiger partial charge on any atom is -0.493 e. The van der Waals surface area contributed by atoms with Crippen LogP contribution < -0.4 is 19.5 Å². The molecular weight excluding hydrogens is 532 g/mol. The minimum atomic E-state index is -0.669. The van der Waals surface area contributed by atoms with Gasteiger partial charge in [-0.1, -0.05) is 42.5 Å². The van der Waals surface area contributed by atoms with Gasteiger partial charge in [0.25, 0.3) is 5.91 Å². The molecule has 5 rings (SSSR count). The van der Waals surface area contributed by atoms with Crippen molar-refractivity contribution in [2.24, 2.45) is 0 Å². The van der Waals surface area contributed by atoms with Crippen molar-refractivity contribution >= 4 is 17.4 Å². The van der Waals surface area contributed by atoms with Crippen LogP contribution in [0, 0.1) is 0 Å². The lowest BCUT2D eigenvalue weighted by Gasteiger charge is -2.31. The summed E-state index contributed by atoms with van der Waals surface area (Å²) in [5, 5.41) is 13.5. The molecule has 0 saturated carbocycles. The van der Waals surface area contributed by atoms with E-state index < -0.39 is 6.10 Å². The van der Waals surface area contributed by atoms with Gasteiger partial charge in [0.05, 0.1) is 14.2 Å². The summed E-state index contributed by atoms with van der Waals surface area (Å²) in [6.07, 6.45) is 0.196. The van der Waals surface area contributed by atoms with Crippen LogP contribution in [0.1, 0.15) is 37.4 Å². The Balaban J connectivity index is 1.11. The van der Waals surface area contributed by atoms with Gasteiger partial charge in [-0.2, -0.15) is 0 Å². The van der Waals surface area contributed by atoms with E-state index in [0.717, 1.165) is 18.7 Å². The van der Waals surface area contributed by atoms with E-state index in [-0.39, 0.29) is 18.3 Å². The zero-order valence-electron chi connectivity index (χ0n) is 23.7. The fraction of sp³-hybridized carbons (Fsp3) is 0.235. The van der Waals surface area contributed by atoms with Crippen molar-refractivity contribution in [3.63, 3.8) is 0 Å². The van der Waals surface area contributed by atoms with Gasteiger partial charge in [-0.25, -0.2) is 0 Å². The molecule has 8 heteroatoms. The number of amides is 1. The van der Waals surface area contributed by atoms with E-state index in [2.05, 4.69) is 10.2 Å². The third-order valence-corrected chi connectivity index (χ3v) is 7.24. The van der Waals surface area contributed by atoms with Crippen molar-refractivity contribution in [3.05, 3.63) is 119 Å². The predicted octanol–water partition coefficient (Wildman–Crippen LogP) is 4.99. The van der Waals surface area contributed by atoms with Crippen LogP contribution in [-0.2, 0) is 13.0 Å². The highest BCUT2D eigenvalue weighted by Crippen LogP contribution is 2.33. The molecule has 1 aliphatic heterocycles. The molecule has 1 atom stereocenters. The van der Waals surface area contributed by atoms with E-state index in [1.54, 1.807) is 74.9 Å². The van der Waals surface area contributed by atoms with Gasteiger partial charge in [0, 0.05) is 42.0 Å². The van der Waals surface area contributed by atoms with E-state index in [4.69, 9.17) is 14.2 Å². The number of benzene rings is 4. The number of carbonyl (C=O) groups excluding carboxylic acids is 2. The number of aliphatic hydroxyl groups excluding tert-OH is 1. The van der Waals surface area contributed by atoms with Crippen molar-refractivity contribution in [3.8, 4) is 17.2 Å². The molecule has 4 aromatic rings. The first-order valence-electron chi connectivity index (χ1n) is 13.8. The number of nitrogens with one attached hydrogen (secondary N) is 1. The van der Waals surface area contributed by atoms with Crippen LogP contribution in [0.25, 0.3) is 0 Å². The molecule has 42 heavy (non-hydrogen) atoms. The molecule has 0 saturated heterocycles. The zero-order valence-corrected chi connectivity index (χ0v) is 23.7. The Morgan fingerprint density at radius 1 is 0.833 bits per heavy atom. The molecule has 2 N–H and O–H groups in total. The topological polar surface area (TPSA) is 97.3 Å². The van der Waals surface area contributed by atoms with Crippen molar-refractivity contribution in [1.29, 1.82) is 0 Å². The van der Waals surface area contributed by atoms with E-state index in [1.807, 2.05) is 30.3 Å². The Kier molecular flexibility index (Phi) is 9.16. The normalized spacial score (nSPS) is 13.5. The summed E-state index contributed by atoms with van der Waals surface area (Å²) in [6.45, 7) is 2.17. The molecule has 4 aromatic carbocycles. The lowest BCUT2D eigenvalue weighted by Crippen LogP contribution is -2.38.